The quantitative estimate of drug-likeness (QED) is 0.166. The third-order valence-electron chi connectivity index (χ3n) is 5.08. The molecule has 0 amide bonds. The molecule has 0 bridgehead atoms. The molecule has 0 heterocycles. The fourth-order valence-corrected chi connectivity index (χ4v) is 3.60. The molecule has 4 nitrogen and oxygen atoms in total. The molecule has 3 aromatic rings. The topological polar surface area (TPSA) is 36.9 Å². The largest absolute Gasteiger partial charge is 0.490 e. The molecule has 0 saturated heterocycles. The highest BCUT2D eigenvalue weighted by atomic mass is 16.7. The van der Waals surface area contributed by atoms with E-state index >= 15 is 0 Å². The van der Waals surface area contributed by atoms with Gasteiger partial charge < -0.3 is 18.9 Å². The van der Waals surface area contributed by atoms with Crippen LogP contribution in [-0.2, 0) is 4.74 Å². The van der Waals surface area contributed by atoms with Crippen molar-refractivity contribution in [1.82, 2.24) is 0 Å². The van der Waals surface area contributed by atoms with Gasteiger partial charge in [0.25, 0.3) is 0 Å². The van der Waals surface area contributed by atoms with Crippen molar-refractivity contribution in [1.29, 1.82) is 0 Å². The SMILES string of the molecule is C=CCOc1ccc(C(c2ccc(OCC=C)cc2)c2ccc(OC(C)OCC)cc2)cc1. The molecule has 0 aromatic heterocycles. The predicted octanol–water partition coefficient (Wildman–Crippen LogP) is 6.76. The second kappa shape index (κ2) is 12.5. The zero-order valence-corrected chi connectivity index (χ0v) is 19.4. The summed E-state index contributed by atoms with van der Waals surface area (Å²) in [6, 6.07) is 24.6. The van der Waals surface area contributed by atoms with Gasteiger partial charge in [-0.15, -0.1) is 0 Å². The van der Waals surface area contributed by atoms with Gasteiger partial charge >= 0.3 is 0 Å². The first-order valence-electron chi connectivity index (χ1n) is 11.2. The highest BCUT2D eigenvalue weighted by Gasteiger charge is 2.18. The average molecular weight is 445 g/mol. The Morgan fingerprint density at radius 1 is 0.667 bits per heavy atom. The van der Waals surface area contributed by atoms with Crippen molar-refractivity contribution in [3.63, 3.8) is 0 Å². The number of hydrogen-bond donors (Lipinski definition) is 0. The first kappa shape index (κ1) is 24.1. The fraction of sp³-hybridized carbons (Fsp3) is 0.241. The number of rotatable bonds is 13. The molecule has 3 rings (SSSR count). The van der Waals surface area contributed by atoms with Gasteiger partial charge in [-0.3, -0.25) is 0 Å². The molecule has 0 spiro atoms. The Kier molecular flexibility index (Phi) is 9.16. The van der Waals surface area contributed by atoms with Crippen LogP contribution in [0, 0.1) is 0 Å². The van der Waals surface area contributed by atoms with Crippen LogP contribution in [0.15, 0.2) is 98.1 Å². The maximum Gasteiger partial charge on any atom is 0.196 e. The van der Waals surface area contributed by atoms with Crippen molar-refractivity contribution in [2.24, 2.45) is 0 Å². The van der Waals surface area contributed by atoms with Crippen LogP contribution in [0.4, 0.5) is 0 Å². The van der Waals surface area contributed by atoms with E-state index in [1.807, 2.05) is 50.2 Å². The van der Waals surface area contributed by atoms with Gasteiger partial charge in [0.05, 0.1) is 0 Å². The van der Waals surface area contributed by atoms with E-state index in [2.05, 4.69) is 49.6 Å². The van der Waals surface area contributed by atoms with E-state index in [0.29, 0.717) is 19.8 Å². The third-order valence-corrected chi connectivity index (χ3v) is 5.08. The first-order valence-corrected chi connectivity index (χ1v) is 11.2. The van der Waals surface area contributed by atoms with Crippen LogP contribution in [0.1, 0.15) is 36.5 Å². The Bertz CT molecular complexity index is 936. The summed E-state index contributed by atoms with van der Waals surface area (Å²) in [6.07, 6.45) is 3.19. The molecule has 0 saturated carbocycles. The zero-order valence-electron chi connectivity index (χ0n) is 19.4. The van der Waals surface area contributed by atoms with E-state index in [0.717, 1.165) is 33.9 Å². The summed E-state index contributed by atoms with van der Waals surface area (Å²) in [5, 5.41) is 0. The highest BCUT2D eigenvalue weighted by Crippen LogP contribution is 2.34. The number of benzene rings is 3. The molecule has 172 valence electrons. The maximum absolute atomic E-state index is 5.84. The van der Waals surface area contributed by atoms with Gasteiger partial charge in [0.1, 0.15) is 30.5 Å². The first-order chi connectivity index (χ1) is 16.1. The van der Waals surface area contributed by atoms with Crippen LogP contribution in [0.5, 0.6) is 17.2 Å². The molecule has 0 N–H and O–H groups in total. The lowest BCUT2D eigenvalue weighted by molar-refractivity contribution is -0.0613. The average Bonchev–Trinajstić information content (AvgIpc) is 2.84. The molecular formula is C29H32O4. The second-order valence-corrected chi connectivity index (χ2v) is 7.48. The van der Waals surface area contributed by atoms with Crippen LogP contribution in [-0.4, -0.2) is 26.1 Å². The van der Waals surface area contributed by atoms with Crippen molar-refractivity contribution >= 4 is 0 Å². The molecule has 4 heteroatoms. The third kappa shape index (κ3) is 6.99. The van der Waals surface area contributed by atoms with Gasteiger partial charge in [-0.25, -0.2) is 0 Å². The minimum absolute atomic E-state index is 0.0465. The van der Waals surface area contributed by atoms with Crippen molar-refractivity contribution < 1.29 is 18.9 Å². The minimum atomic E-state index is -0.289. The van der Waals surface area contributed by atoms with Crippen molar-refractivity contribution in [2.45, 2.75) is 26.1 Å². The Balaban J connectivity index is 1.90. The molecule has 0 radical (unpaired) electrons. The van der Waals surface area contributed by atoms with Gasteiger partial charge in [0.15, 0.2) is 6.29 Å². The van der Waals surface area contributed by atoms with Crippen LogP contribution in [0.2, 0.25) is 0 Å². The molecule has 0 fully saturated rings. The van der Waals surface area contributed by atoms with Gasteiger partial charge in [-0.1, -0.05) is 61.7 Å². The van der Waals surface area contributed by atoms with Gasteiger partial charge in [-0.05, 0) is 66.9 Å². The van der Waals surface area contributed by atoms with E-state index in [9.17, 15) is 0 Å². The molecule has 0 aliphatic rings. The molecule has 1 atom stereocenters. The molecular weight excluding hydrogens is 412 g/mol. The Morgan fingerprint density at radius 3 is 1.42 bits per heavy atom. The Hall–Kier alpha value is -3.50. The Labute approximate surface area is 197 Å². The molecule has 0 aliphatic carbocycles. The zero-order chi connectivity index (χ0) is 23.5. The lowest BCUT2D eigenvalue weighted by atomic mass is 9.85. The molecule has 3 aromatic carbocycles. The summed E-state index contributed by atoms with van der Waals surface area (Å²) in [4.78, 5) is 0. The maximum atomic E-state index is 5.84. The van der Waals surface area contributed by atoms with Gasteiger partial charge in [0.2, 0.25) is 0 Å². The van der Waals surface area contributed by atoms with Crippen LogP contribution < -0.4 is 14.2 Å². The number of hydrogen-bond acceptors (Lipinski definition) is 4. The van der Waals surface area contributed by atoms with E-state index in [-0.39, 0.29) is 12.2 Å². The van der Waals surface area contributed by atoms with Crippen LogP contribution >= 0.6 is 0 Å². The normalized spacial score (nSPS) is 11.6. The van der Waals surface area contributed by atoms with Gasteiger partial charge in [0, 0.05) is 12.5 Å². The summed E-state index contributed by atoms with van der Waals surface area (Å²) in [6.45, 7) is 12.8. The lowest BCUT2D eigenvalue weighted by Gasteiger charge is -2.21. The number of ether oxygens (including phenoxy) is 4. The van der Waals surface area contributed by atoms with E-state index in [4.69, 9.17) is 18.9 Å². The van der Waals surface area contributed by atoms with Crippen LogP contribution in [0.3, 0.4) is 0 Å². The lowest BCUT2D eigenvalue weighted by Crippen LogP contribution is -2.15. The Morgan fingerprint density at radius 2 is 1.06 bits per heavy atom. The highest BCUT2D eigenvalue weighted by molar-refractivity contribution is 5.46. The predicted molar refractivity (Wildman–Crippen MR) is 133 cm³/mol. The summed E-state index contributed by atoms with van der Waals surface area (Å²) in [5.41, 5.74) is 3.49. The van der Waals surface area contributed by atoms with Crippen molar-refractivity contribution in [2.75, 3.05) is 19.8 Å². The molecule has 33 heavy (non-hydrogen) atoms. The van der Waals surface area contributed by atoms with Gasteiger partial charge in [-0.2, -0.15) is 0 Å². The standard InChI is InChI=1S/C29H32O4/c1-5-20-31-26-14-8-23(9-15-26)29(24-10-16-27(17-11-24)32-21-6-2)25-12-18-28(19-13-25)33-22(4)30-7-3/h5-6,8-19,22,29H,1-2,7,20-21H2,3-4H3. The minimum Gasteiger partial charge on any atom is -0.490 e. The van der Waals surface area contributed by atoms with E-state index < -0.39 is 0 Å². The van der Waals surface area contributed by atoms with Crippen LogP contribution in [0.25, 0.3) is 0 Å². The summed E-state index contributed by atoms with van der Waals surface area (Å²) in [5.74, 6) is 2.46. The smallest absolute Gasteiger partial charge is 0.196 e. The van der Waals surface area contributed by atoms with E-state index in [1.165, 1.54) is 0 Å². The fourth-order valence-electron chi connectivity index (χ4n) is 3.60. The molecule has 1 unspecified atom stereocenters. The second-order valence-electron chi connectivity index (χ2n) is 7.48. The van der Waals surface area contributed by atoms with Crippen molar-refractivity contribution in [3.05, 3.63) is 115 Å². The monoisotopic (exact) mass is 444 g/mol. The molecule has 0 aliphatic heterocycles. The van der Waals surface area contributed by atoms with E-state index in [1.54, 1.807) is 12.2 Å². The summed E-state index contributed by atoms with van der Waals surface area (Å²) >= 11 is 0. The van der Waals surface area contributed by atoms with Crippen molar-refractivity contribution in [3.8, 4) is 17.2 Å². The summed E-state index contributed by atoms with van der Waals surface area (Å²) in [7, 11) is 0. The summed E-state index contributed by atoms with van der Waals surface area (Å²) < 4.78 is 22.6.